The molecular weight excluding hydrogens is 284 g/mol. The van der Waals surface area contributed by atoms with Gasteiger partial charge in [0.1, 0.15) is 4.60 Å². The average Bonchev–Trinajstić information content (AvgIpc) is 2.29. The summed E-state index contributed by atoms with van der Waals surface area (Å²) in [5.74, 6) is 0.0259. The Morgan fingerprint density at radius 2 is 2.29 bits per heavy atom. The summed E-state index contributed by atoms with van der Waals surface area (Å²) in [6.07, 6.45) is 1.79. The molecule has 0 aliphatic heterocycles. The van der Waals surface area contributed by atoms with E-state index in [1.807, 2.05) is 13.8 Å². The van der Waals surface area contributed by atoms with E-state index in [0.717, 1.165) is 0 Å². The summed E-state index contributed by atoms with van der Waals surface area (Å²) >= 11 is 3.22. The van der Waals surface area contributed by atoms with Crippen LogP contribution in [0.1, 0.15) is 30.6 Å². The zero-order chi connectivity index (χ0) is 12.8. The molecule has 4 nitrogen and oxygen atoms in total. The van der Waals surface area contributed by atoms with Crippen molar-refractivity contribution >= 4 is 21.8 Å². The van der Waals surface area contributed by atoms with E-state index < -0.39 is 0 Å². The molecule has 1 heterocycles. The molecule has 1 amide bonds. The van der Waals surface area contributed by atoms with E-state index in [2.05, 4.69) is 26.2 Å². The molecule has 1 aromatic rings. The van der Waals surface area contributed by atoms with Gasteiger partial charge >= 0.3 is 0 Å². The van der Waals surface area contributed by atoms with Gasteiger partial charge in [-0.05, 0) is 40.4 Å². The first-order chi connectivity index (χ1) is 8.02. The summed E-state index contributed by atoms with van der Waals surface area (Å²) in [5, 5.41) is 12.3. The van der Waals surface area contributed by atoms with Gasteiger partial charge in [-0.1, -0.05) is 13.8 Å². The first-order valence-electron chi connectivity index (χ1n) is 5.59. The minimum Gasteiger partial charge on any atom is -0.393 e. The number of pyridine rings is 1. The van der Waals surface area contributed by atoms with Crippen LogP contribution in [0.3, 0.4) is 0 Å². The van der Waals surface area contributed by atoms with Crippen LogP contribution in [0.4, 0.5) is 0 Å². The van der Waals surface area contributed by atoms with Crippen molar-refractivity contribution in [1.29, 1.82) is 0 Å². The lowest BCUT2D eigenvalue weighted by atomic mass is 10.0. The lowest BCUT2D eigenvalue weighted by Gasteiger charge is -2.14. The first-order valence-corrected chi connectivity index (χ1v) is 6.38. The summed E-state index contributed by atoms with van der Waals surface area (Å²) < 4.78 is 0.530. The Hall–Kier alpha value is -0.940. The molecular formula is C12H17BrN2O2. The number of aliphatic hydroxyl groups excluding tert-OH is 1. The highest BCUT2D eigenvalue weighted by molar-refractivity contribution is 9.10. The molecule has 0 aliphatic rings. The molecule has 0 fully saturated rings. The number of carbonyl (C=O) groups excluding carboxylic acids is 1. The number of carbonyl (C=O) groups is 1. The van der Waals surface area contributed by atoms with Crippen LogP contribution in [0.15, 0.2) is 22.9 Å². The molecule has 0 aliphatic carbocycles. The third kappa shape index (κ3) is 4.44. The summed E-state index contributed by atoms with van der Waals surface area (Å²) in [6.45, 7) is 4.36. The van der Waals surface area contributed by atoms with Gasteiger partial charge < -0.3 is 10.4 Å². The van der Waals surface area contributed by atoms with Crippen molar-refractivity contribution in [2.75, 3.05) is 6.54 Å². The number of nitrogens with one attached hydrogen (secondary N) is 1. The van der Waals surface area contributed by atoms with Crippen LogP contribution in [0, 0.1) is 5.92 Å². The Morgan fingerprint density at radius 1 is 1.59 bits per heavy atom. The van der Waals surface area contributed by atoms with Crippen LogP contribution < -0.4 is 5.32 Å². The lowest BCUT2D eigenvalue weighted by Crippen LogP contribution is -2.29. The molecule has 2 N–H and O–H groups in total. The third-order valence-electron chi connectivity index (χ3n) is 2.50. The zero-order valence-electron chi connectivity index (χ0n) is 9.98. The van der Waals surface area contributed by atoms with Crippen molar-refractivity contribution in [3.05, 3.63) is 28.5 Å². The fourth-order valence-electron chi connectivity index (χ4n) is 1.32. The number of nitrogens with zero attached hydrogens (tertiary/aromatic N) is 1. The highest BCUT2D eigenvalue weighted by Gasteiger charge is 2.12. The van der Waals surface area contributed by atoms with Crippen molar-refractivity contribution in [2.24, 2.45) is 5.92 Å². The van der Waals surface area contributed by atoms with E-state index in [1.54, 1.807) is 18.3 Å². The molecule has 0 spiro atoms. The van der Waals surface area contributed by atoms with E-state index in [-0.39, 0.29) is 17.9 Å². The van der Waals surface area contributed by atoms with Gasteiger partial charge in [0.15, 0.2) is 0 Å². The monoisotopic (exact) mass is 300 g/mol. The number of aromatic nitrogens is 1. The lowest BCUT2D eigenvalue weighted by molar-refractivity contribution is 0.0919. The molecule has 1 aromatic heterocycles. The van der Waals surface area contributed by atoms with Crippen LogP contribution in [0.5, 0.6) is 0 Å². The minimum absolute atomic E-state index is 0.180. The van der Waals surface area contributed by atoms with Gasteiger partial charge in [0.25, 0.3) is 5.91 Å². The van der Waals surface area contributed by atoms with Crippen molar-refractivity contribution in [2.45, 2.75) is 26.4 Å². The van der Waals surface area contributed by atoms with E-state index in [4.69, 9.17) is 0 Å². The van der Waals surface area contributed by atoms with Gasteiger partial charge in [0.05, 0.1) is 11.7 Å². The van der Waals surface area contributed by atoms with E-state index in [1.165, 1.54) is 0 Å². The highest BCUT2D eigenvalue weighted by Crippen LogP contribution is 2.12. The van der Waals surface area contributed by atoms with Gasteiger partial charge in [-0.2, -0.15) is 0 Å². The molecule has 0 saturated heterocycles. The number of hydrogen-bond donors (Lipinski definition) is 2. The maximum atomic E-state index is 11.8. The van der Waals surface area contributed by atoms with E-state index in [0.29, 0.717) is 23.1 Å². The molecule has 94 valence electrons. The molecule has 0 radical (unpaired) electrons. The smallest absolute Gasteiger partial charge is 0.254 e. The van der Waals surface area contributed by atoms with Gasteiger partial charge in [0, 0.05) is 12.7 Å². The molecule has 0 aromatic carbocycles. The number of amides is 1. The van der Waals surface area contributed by atoms with Crippen molar-refractivity contribution in [3.8, 4) is 0 Å². The van der Waals surface area contributed by atoms with Crippen LogP contribution >= 0.6 is 15.9 Å². The number of aliphatic hydroxyl groups is 1. The third-order valence-corrected chi connectivity index (χ3v) is 3.13. The fourth-order valence-corrected chi connectivity index (χ4v) is 1.75. The van der Waals surface area contributed by atoms with E-state index >= 15 is 0 Å². The second-order valence-electron chi connectivity index (χ2n) is 4.20. The van der Waals surface area contributed by atoms with Crippen LogP contribution in [-0.2, 0) is 0 Å². The van der Waals surface area contributed by atoms with Crippen LogP contribution in [0.25, 0.3) is 0 Å². The van der Waals surface area contributed by atoms with Gasteiger partial charge in [-0.25, -0.2) is 4.98 Å². The summed E-state index contributed by atoms with van der Waals surface area (Å²) in [4.78, 5) is 15.7. The topological polar surface area (TPSA) is 62.2 Å². The predicted molar refractivity (Wildman–Crippen MR) is 69.7 cm³/mol. The highest BCUT2D eigenvalue weighted by atomic mass is 79.9. The van der Waals surface area contributed by atoms with Gasteiger partial charge in [0.2, 0.25) is 0 Å². The fraction of sp³-hybridized carbons (Fsp3) is 0.500. The average molecular weight is 301 g/mol. The molecule has 5 heteroatoms. The predicted octanol–water partition coefficient (Wildman–Crippen LogP) is 1.98. The second kappa shape index (κ2) is 6.71. The molecule has 1 atom stereocenters. The van der Waals surface area contributed by atoms with E-state index in [9.17, 15) is 9.90 Å². The zero-order valence-corrected chi connectivity index (χ0v) is 11.6. The number of halogens is 1. The van der Waals surface area contributed by atoms with Crippen molar-refractivity contribution in [3.63, 3.8) is 0 Å². The Morgan fingerprint density at radius 3 is 2.88 bits per heavy atom. The quantitative estimate of drug-likeness (QED) is 0.818. The molecule has 0 saturated carbocycles. The molecule has 1 rings (SSSR count). The maximum Gasteiger partial charge on any atom is 0.254 e. The largest absolute Gasteiger partial charge is 0.393 e. The van der Waals surface area contributed by atoms with Gasteiger partial charge in [-0.15, -0.1) is 0 Å². The molecule has 0 bridgehead atoms. The van der Waals surface area contributed by atoms with Gasteiger partial charge in [-0.3, -0.25) is 4.79 Å². The minimum atomic E-state index is -0.382. The molecule has 1 unspecified atom stereocenters. The summed E-state index contributed by atoms with van der Waals surface area (Å²) in [7, 11) is 0. The maximum absolute atomic E-state index is 11.8. The summed E-state index contributed by atoms with van der Waals surface area (Å²) in [6, 6.07) is 3.41. The standard InChI is InChI=1S/C12H17BrN2O2/c1-8(2)10(16)5-7-15-12(17)9-4-3-6-14-11(9)13/h3-4,6,8,10,16H,5,7H2,1-2H3,(H,15,17). The number of rotatable bonds is 5. The normalized spacial score (nSPS) is 12.5. The van der Waals surface area contributed by atoms with Crippen LogP contribution in [0.2, 0.25) is 0 Å². The SMILES string of the molecule is CC(C)C(O)CCNC(=O)c1cccnc1Br. The Labute approximate surface area is 110 Å². The Kier molecular flexibility index (Phi) is 5.58. The molecule has 17 heavy (non-hydrogen) atoms. The first kappa shape index (κ1) is 14.1. The second-order valence-corrected chi connectivity index (χ2v) is 4.95. The Bertz CT molecular complexity index is 383. The van der Waals surface area contributed by atoms with Crippen molar-refractivity contribution in [1.82, 2.24) is 10.3 Å². The Balaban J connectivity index is 2.43. The summed E-state index contributed by atoms with van der Waals surface area (Å²) in [5.41, 5.74) is 0.506. The van der Waals surface area contributed by atoms with Crippen LogP contribution in [-0.4, -0.2) is 28.6 Å². The van der Waals surface area contributed by atoms with Crippen molar-refractivity contribution < 1.29 is 9.90 Å². The number of hydrogen-bond acceptors (Lipinski definition) is 3.